The quantitative estimate of drug-likeness (QED) is 0.817. The number of nitrogens with zero attached hydrogens (tertiary/aromatic N) is 1. The van der Waals surface area contributed by atoms with Crippen LogP contribution in [0.2, 0.25) is 0 Å². The summed E-state index contributed by atoms with van der Waals surface area (Å²) in [6.45, 7) is 1.93. The first-order valence-corrected chi connectivity index (χ1v) is 5.28. The van der Waals surface area contributed by atoms with E-state index in [2.05, 4.69) is 4.98 Å². The lowest BCUT2D eigenvalue weighted by atomic mass is 10.1. The number of aryl methyl sites for hydroxylation is 1. The first kappa shape index (κ1) is 11.5. The molecule has 1 aromatic heterocycles. The maximum atomic E-state index is 5.38. The van der Waals surface area contributed by atoms with Crippen LogP contribution >= 0.6 is 0 Å². The van der Waals surface area contributed by atoms with Gasteiger partial charge >= 0.3 is 0 Å². The summed E-state index contributed by atoms with van der Waals surface area (Å²) in [6.07, 6.45) is 0. The van der Waals surface area contributed by atoms with Gasteiger partial charge in [-0.25, -0.2) is 4.98 Å². The normalized spacial score (nSPS) is 10.4. The molecule has 0 radical (unpaired) electrons. The zero-order valence-electron chi connectivity index (χ0n) is 10.4. The van der Waals surface area contributed by atoms with Gasteiger partial charge in [0.15, 0.2) is 5.75 Å². The summed E-state index contributed by atoms with van der Waals surface area (Å²) < 4.78 is 16.0. The minimum absolute atomic E-state index is 0.474. The molecule has 0 unspecified atom stereocenters. The van der Waals surface area contributed by atoms with Gasteiger partial charge in [-0.3, -0.25) is 0 Å². The van der Waals surface area contributed by atoms with Crippen molar-refractivity contribution >= 4 is 10.8 Å². The molecule has 4 heteroatoms. The Labute approximate surface area is 100 Å². The van der Waals surface area contributed by atoms with Crippen molar-refractivity contribution in [2.75, 3.05) is 21.3 Å². The Morgan fingerprint density at radius 3 is 2.35 bits per heavy atom. The second kappa shape index (κ2) is 4.49. The third-order valence-electron chi connectivity index (χ3n) is 2.72. The lowest BCUT2D eigenvalue weighted by molar-refractivity contribution is 0.344. The molecule has 4 nitrogen and oxygen atoms in total. The molecule has 2 aromatic rings. The van der Waals surface area contributed by atoms with Gasteiger partial charge in [0, 0.05) is 11.1 Å². The number of methoxy groups -OCH3 is 3. The number of fused-ring (bicyclic) bond motifs is 1. The average molecular weight is 233 g/mol. The van der Waals surface area contributed by atoms with Gasteiger partial charge in [0.25, 0.3) is 5.88 Å². The van der Waals surface area contributed by atoms with E-state index >= 15 is 0 Å². The monoisotopic (exact) mass is 233 g/mol. The van der Waals surface area contributed by atoms with Gasteiger partial charge in [0.1, 0.15) is 5.75 Å². The van der Waals surface area contributed by atoms with Gasteiger partial charge in [-0.2, -0.15) is 0 Å². The van der Waals surface area contributed by atoms with Crippen LogP contribution in [0.3, 0.4) is 0 Å². The van der Waals surface area contributed by atoms with Gasteiger partial charge in [-0.1, -0.05) is 12.1 Å². The van der Waals surface area contributed by atoms with Crippen molar-refractivity contribution in [1.82, 2.24) is 4.98 Å². The highest BCUT2D eigenvalue weighted by molar-refractivity contribution is 5.96. The smallest absolute Gasteiger partial charge is 0.257 e. The molecule has 0 atom stereocenters. The minimum Gasteiger partial charge on any atom is -0.496 e. The molecule has 2 rings (SSSR count). The predicted molar refractivity (Wildman–Crippen MR) is 66.1 cm³/mol. The Bertz CT molecular complexity index is 552. The molecule has 0 N–H and O–H groups in total. The lowest BCUT2D eigenvalue weighted by Crippen LogP contribution is -1.98. The van der Waals surface area contributed by atoms with Crippen molar-refractivity contribution in [3.63, 3.8) is 0 Å². The van der Waals surface area contributed by atoms with Gasteiger partial charge in [-0.05, 0) is 13.0 Å². The molecule has 0 bridgehead atoms. The third kappa shape index (κ3) is 1.75. The van der Waals surface area contributed by atoms with Gasteiger partial charge in [0.05, 0.1) is 26.7 Å². The fraction of sp³-hybridized carbons (Fsp3) is 0.308. The van der Waals surface area contributed by atoms with E-state index in [0.717, 1.165) is 22.2 Å². The summed E-state index contributed by atoms with van der Waals surface area (Å²) in [5.41, 5.74) is 0.886. The molecule has 1 heterocycles. The highest BCUT2D eigenvalue weighted by Gasteiger charge is 2.16. The maximum absolute atomic E-state index is 5.38. The standard InChI is InChI=1S/C13H15NO3/c1-8-9-6-5-7-10(15-2)11(9)12(16-3)13(14-8)17-4/h5-7H,1-4H3. The Morgan fingerprint density at radius 1 is 1.00 bits per heavy atom. The van der Waals surface area contributed by atoms with E-state index in [4.69, 9.17) is 14.2 Å². The van der Waals surface area contributed by atoms with Crippen molar-refractivity contribution in [2.45, 2.75) is 6.92 Å². The molecular weight excluding hydrogens is 218 g/mol. The van der Waals surface area contributed by atoms with Crippen LogP contribution in [0.25, 0.3) is 10.8 Å². The highest BCUT2D eigenvalue weighted by Crippen LogP contribution is 2.40. The van der Waals surface area contributed by atoms with E-state index in [1.54, 1.807) is 21.3 Å². The minimum atomic E-state index is 0.474. The van der Waals surface area contributed by atoms with Crippen LogP contribution < -0.4 is 14.2 Å². The van der Waals surface area contributed by atoms with E-state index in [-0.39, 0.29) is 0 Å². The van der Waals surface area contributed by atoms with E-state index in [1.807, 2.05) is 25.1 Å². The average Bonchev–Trinajstić information content (AvgIpc) is 2.37. The Hall–Kier alpha value is -1.97. The summed E-state index contributed by atoms with van der Waals surface area (Å²) in [5.74, 6) is 1.83. The molecule has 17 heavy (non-hydrogen) atoms. The van der Waals surface area contributed by atoms with Gasteiger partial charge < -0.3 is 14.2 Å². The van der Waals surface area contributed by atoms with E-state index in [1.165, 1.54) is 0 Å². The number of aromatic nitrogens is 1. The van der Waals surface area contributed by atoms with Crippen molar-refractivity contribution < 1.29 is 14.2 Å². The molecule has 0 saturated heterocycles. The molecule has 0 amide bonds. The molecule has 0 aliphatic rings. The summed E-state index contributed by atoms with van der Waals surface area (Å²) in [5, 5.41) is 1.89. The first-order chi connectivity index (χ1) is 8.22. The number of benzene rings is 1. The molecular formula is C13H15NO3. The number of hydrogen-bond acceptors (Lipinski definition) is 4. The molecule has 0 aliphatic carbocycles. The van der Waals surface area contributed by atoms with Crippen LogP contribution in [0.1, 0.15) is 5.69 Å². The van der Waals surface area contributed by atoms with Gasteiger partial charge in [-0.15, -0.1) is 0 Å². The van der Waals surface area contributed by atoms with E-state index < -0.39 is 0 Å². The van der Waals surface area contributed by atoms with Crippen molar-refractivity contribution in [3.8, 4) is 17.4 Å². The number of hydrogen-bond donors (Lipinski definition) is 0. The second-order valence-electron chi connectivity index (χ2n) is 3.62. The number of rotatable bonds is 3. The second-order valence-corrected chi connectivity index (χ2v) is 3.62. The molecule has 1 aromatic carbocycles. The number of pyridine rings is 1. The fourth-order valence-electron chi connectivity index (χ4n) is 1.93. The van der Waals surface area contributed by atoms with Crippen molar-refractivity contribution in [3.05, 3.63) is 23.9 Å². The molecule has 0 saturated carbocycles. The van der Waals surface area contributed by atoms with E-state index in [0.29, 0.717) is 11.6 Å². The van der Waals surface area contributed by atoms with Crippen molar-refractivity contribution in [1.29, 1.82) is 0 Å². The third-order valence-corrected chi connectivity index (χ3v) is 2.72. The van der Waals surface area contributed by atoms with Gasteiger partial charge in [0.2, 0.25) is 0 Å². The summed E-state index contributed by atoms with van der Waals surface area (Å²) in [6, 6.07) is 5.81. The topological polar surface area (TPSA) is 40.6 Å². The van der Waals surface area contributed by atoms with E-state index in [9.17, 15) is 0 Å². The number of ether oxygens (including phenoxy) is 3. The fourth-order valence-corrected chi connectivity index (χ4v) is 1.93. The van der Waals surface area contributed by atoms with Crippen LogP contribution in [0, 0.1) is 6.92 Å². The molecule has 90 valence electrons. The van der Waals surface area contributed by atoms with Crippen LogP contribution in [0.15, 0.2) is 18.2 Å². The van der Waals surface area contributed by atoms with Crippen LogP contribution in [-0.4, -0.2) is 26.3 Å². The van der Waals surface area contributed by atoms with Crippen LogP contribution in [0.5, 0.6) is 17.4 Å². The molecule has 0 spiro atoms. The SMILES string of the molecule is COc1nc(C)c2cccc(OC)c2c1OC. The van der Waals surface area contributed by atoms with Crippen LogP contribution in [0.4, 0.5) is 0 Å². The highest BCUT2D eigenvalue weighted by atomic mass is 16.5. The summed E-state index contributed by atoms with van der Waals surface area (Å²) in [7, 11) is 4.81. The summed E-state index contributed by atoms with van der Waals surface area (Å²) >= 11 is 0. The zero-order valence-corrected chi connectivity index (χ0v) is 10.4. The largest absolute Gasteiger partial charge is 0.496 e. The van der Waals surface area contributed by atoms with Crippen LogP contribution in [-0.2, 0) is 0 Å². The summed E-state index contributed by atoms with van der Waals surface area (Å²) in [4.78, 5) is 4.36. The Balaban J connectivity index is 2.92. The molecule has 0 fully saturated rings. The maximum Gasteiger partial charge on any atom is 0.257 e. The molecule has 0 aliphatic heterocycles. The predicted octanol–water partition coefficient (Wildman–Crippen LogP) is 2.57. The Kier molecular flexibility index (Phi) is 3.04. The zero-order chi connectivity index (χ0) is 12.4. The Morgan fingerprint density at radius 2 is 1.76 bits per heavy atom. The lowest BCUT2D eigenvalue weighted by Gasteiger charge is -2.14. The van der Waals surface area contributed by atoms with Crippen molar-refractivity contribution in [2.24, 2.45) is 0 Å². The first-order valence-electron chi connectivity index (χ1n) is 5.28.